The lowest BCUT2D eigenvalue weighted by Crippen LogP contribution is -2.43. The maximum Gasteiger partial charge on any atom is 0.265 e. The first-order valence-electron chi connectivity index (χ1n) is 8.63. The van der Waals surface area contributed by atoms with E-state index in [1.165, 1.54) is 0 Å². The van der Waals surface area contributed by atoms with Crippen LogP contribution < -0.4 is 0 Å². The van der Waals surface area contributed by atoms with E-state index in [1.54, 1.807) is 24.5 Å². The van der Waals surface area contributed by atoms with Crippen molar-refractivity contribution >= 4 is 0 Å². The highest BCUT2D eigenvalue weighted by Crippen LogP contribution is 2.36. The van der Waals surface area contributed by atoms with Crippen molar-refractivity contribution in [3.05, 3.63) is 47.4 Å². The molecule has 1 saturated heterocycles. The quantitative estimate of drug-likeness (QED) is 0.709. The Bertz CT molecular complexity index is 875. The first-order chi connectivity index (χ1) is 12.5. The molecule has 26 heavy (non-hydrogen) atoms. The minimum Gasteiger partial charge on any atom is -0.361 e. The second-order valence-electron chi connectivity index (χ2n) is 6.74. The van der Waals surface area contributed by atoms with E-state index in [1.807, 2.05) is 18.7 Å². The molecule has 0 aromatic carbocycles. The van der Waals surface area contributed by atoms with Gasteiger partial charge in [0.1, 0.15) is 5.76 Å². The van der Waals surface area contributed by atoms with Gasteiger partial charge in [0.05, 0.1) is 5.69 Å². The summed E-state index contributed by atoms with van der Waals surface area (Å²) in [5.74, 6) is 1.19. The standard InChI is InChI=1S/C18H20FN5O2/c1-12-15(13(2)25-22-12)10-24-9-3-6-18(19,11-24)17-21-16(23-26-17)14-4-7-20-8-5-14/h4-5,7-8H,3,6,9-11H2,1-2H3. The predicted molar refractivity (Wildman–Crippen MR) is 90.8 cm³/mol. The summed E-state index contributed by atoms with van der Waals surface area (Å²) < 4.78 is 26.1. The maximum atomic E-state index is 15.6. The molecule has 1 fully saturated rings. The smallest absolute Gasteiger partial charge is 0.265 e. The summed E-state index contributed by atoms with van der Waals surface area (Å²) in [5.41, 5.74) is 0.949. The van der Waals surface area contributed by atoms with E-state index in [4.69, 9.17) is 9.05 Å². The zero-order chi connectivity index (χ0) is 18.1. The van der Waals surface area contributed by atoms with Crippen molar-refractivity contribution in [3.63, 3.8) is 0 Å². The molecule has 1 aliphatic heterocycles. The fourth-order valence-corrected chi connectivity index (χ4v) is 3.38. The lowest BCUT2D eigenvalue weighted by atomic mass is 9.94. The Hall–Kier alpha value is -2.61. The number of alkyl halides is 1. The molecular weight excluding hydrogens is 337 g/mol. The summed E-state index contributed by atoms with van der Waals surface area (Å²) in [4.78, 5) is 10.3. The maximum absolute atomic E-state index is 15.6. The summed E-state index contributed by atoms with van der Waals surface area (Å²) in [5, 5.41) is 7.91. The molecule has 4 rings (SSSR count). The van der Waals surface area contributed by atoms with Gasteiger partial charge in [-0.25, -0.2) is 4.39 Å². The second-order valence-corrected chi connectivity index (χ2v) is 6.74. The highest BCUT2D eigenvalue weighted by molar-refractivity contribution is 5.52. The molecule has 1 unspecified atom stereocenters. The molecule has 4 heterocycles. The number of piperidine rings is 1. The van der Waals surface area contributed by atoms with Crippen LogP contribution in [0.25, 0.3) is 11.4 Å². The number of halogens is 1. The molecule has 7 nitrogen and oxygen atoms in total. The molecule has 0 radical (unpaired) electrons. The zero-order valence-corrected chi connectivity index (χ0v) is 14.8. The van der Waals surface area contributed by atoms with E-state index < -0.39 is 5.67 Å². The van der Waals surface area contributed by atoms with Crippen LogP contribution in [0.3, 0.4) is 0 Å². The van der Waals surface area contributed by atoms with Crippen molar-refractivity contribution in [1.29, 1.82) is 0 Å². The number of rotatable bonds is 4. The molecule has 0 saturated carbocycles. The van der Waals surface area contributed by atoms with Gasteiger partial charge in [0.25, 0.3) is 5.89 Å². The van der Waals surface area contributed by atoms with Gasteiger partial charge in [0.2, 0.25) is 11.5 Å². The van der Waals surface area contributed by atoms with Crippen molar-refractivity contribution in [2.45, 2.75) is 38.9 Å². The van der Waals surface area contributed by atoms with Gasteiger partial charge in [-0.1, -0.05) is 10.3 Å². The Morgan fingerprint density at radius 3 is 2.73 bits per heavy atom. The molecule has 3 aromatic rings. The van der Waals surface area contributed by atoms with Crippen LogP contribution in [0, 0.1) is 13.8 Å². The fraction of sp³-hybridized carbons (Fsp3) is 0.444. The van der Waals surface area contributed by atoms with E-state index in [0.717, 1.165) is 29.1 Å². The number of nitrogens with zero attached hydrogens (tertiary/aromatic N) is 5. The van der Waals surface area contributed by atoms with Crippen molar-refractivity contribution < 1.29 is 13.4 Å². The summed E-state index contributed by atoms with van der Waals surface area (Å²) in [6.07, 6.45) is 4.36. The minimum atomic E-state index is -1.66. The third kappa shape index (κ3) is 3.12. The van der Waals surface area contributed by atoms with Crippen LogP contribution in [-0.2, 0) is 12.2 Å². The lowest BCUT2D eigenvalue weighted by molar-refractivity contribution is 0.0122. The van der Waals surface area contributed by atoms with Gasteiger partial charge in [-0.15, -0.1) is 0 Å². The first kappa shape index (κ1) is 16.8. The van der Waals surface area contributed by atoms with Gasteiger partial charge in [0.15, 0.2) is 0 Å². The number of likely N-dealkylation sites (tertiary alicyclic amines) is 1. The number of hydrogen-bond acceptors (Lipinski definition) is 7. The van der Waals surface area contributed by atoms with Crippen LogP contribution in [0.5, 0.6) is 0 Å². The highest BCUT2D eigenvalue weighted by Gasteiger charge is 2.42. The molecule has 0 amide bonds. The molecule has 3 aromatic heterocycles. The van der Waals surface area contributed by atoms with Crippen molar-refractivity contribution in [2.24, 2.45) is 0 Å². The Kier molecular flexibility index (Phi) is 4.28. The summed E-state index contributed by atoms with van der Waals surface area (Å²) in [6, 6.07) is 3.54. The second kappa shape index (κ2) is 6.60. The number of pyridine rings is 1. The van der Waals surface area contributed by atoms with Crippen molar-refractivity contribution in [2.75, 3.05) is 13.1 Å². The molecule has 136 valence electrons. The van der Waals surface area contributed by atoms with Gasteiger partial charge >= 0.3 is 0 Å². The van der Waals surface area contributed by atoms with Crippen LogP contribution in [0.4, 0.5) is 4.39 Å². The molecule has 1 aliphatic rings. The van der Waals surface area contributed by atoms with Gasteiger partial charge < -0.3 is 9.05 Å². The SMILES string of the molecule is Cc1noc(C)c1CN1CCCC(F)(c2nc(-c3ccncc3)no2)C1. The van der Waals surface area contributed by atoms with Gasteiger partial charge in [0, 0.05) is 36.6 Å². The topological polar surface area (TPSA) is 81.1 Å². The van der Waals surface area contributed by atoms with E-state index >= 15 is 4.39 Å². The third-order valence-electron chi connectivity index (χ3n) is 4.83. The monoisotopic (exact) mass is 357 g/mol. The fourth-order valence-electron chi connectivity index (χ4n) is 3.38. The molecule has 1 atom stereocenters. The zero-order valence-electron chi connectivity index (χ0n) is 14.8. The van der Waals surface area contributed by atoms with Crippen LogP contribution in [0.15, 0.2) is 33.6 Å². The van der Waals surface area contributed by atoms with Crippen molar-refractivity contribution in [1.82, 2.24) is 25.2 Å². The van der Waals surface area contributed by atoms with Crippen LogP contribution in [-0.4, -0.2) is 38.3 Å². The van der Waals surface area contributed by atoms with E-state index in [0.29, 0.717) is 25.2 Å². The van der Waals surface area contributed by atoms with Gasteiger partial charge in [-0.05, 0) is 45.4 Å². The Balaban J connectivity index is 1.54. The Labute approximate surface area is 150 Å². The number of hydrogen-bond donors (Lipinski definition) is 0. The molecule has 0 bridgehead atoms. The van der Waals surface area contributed by atoms with Crippen molar-refractivity contribution in [3.8, 4) is 11.4 Å². The number of aryl methyl sites for hydroxylation is 2. The lowest BCUT2D eigenvalue weighted by Gasteiger charge is -2.34. The van der Waals surface area contributed by atoms with Gasteiger partial charge in [-0.3, -0.25) is 9.88 Å². The largest absolute Gasteiger partial charge is 0.361 e. The molecule has 0 aliphatic carbocycles. The van der Waals surface area contributed by atoms with E-state index in [9.17, 15) is 0 Å². The number of aromatic nitrogens is 4. The van der Waals surface area contributed by atoms with E-state index in [-0.39, 0.29) is 12.4 Å². The van der Waals surface area contributed by atoms with E-state index in [2.05, 4.69) is 20.3 Å². The molecular formula is C18H20FN5O2. The molecule has 0 spiro atoms. The summed E-state index contributed by atoms with van der Waals surface area (Å²) in [7, 11) is 0. The normalized spacial score (nSPS) is 21.2. The average Bonchev–Trinajstić information content (AvgIpc) is 3.26. The summed E-state index contributed by atoms with van der Waals surface area (Å²) in [6.45, 7) is 5.38. The Morgan fingerprint density at radius 2 is 2.00 bits per heavy atom. The highest BCUT2D eigenvalue weighted by atomic mass is 19.1. The first-order valence-corrected chi connectivity index (χ1v) is 8.63. The predicted octanol–water partition coefficient (Wildman–Crippen LogP) is 3.20. The Morgan fingerprint density at radius 1 is 1.19 bits per heavy atom. The molecule has 8 heteroatoms. The van der Waals surface area contributed by atoms with Crippen LogP contribution in [0.1, 0.15) is 35.7 Å². The molecule has 0 N–H and O–H groups in total. The van der Waals surface area contributed by atoms with Crippen LogP contribution in [0.2, 0.25) is 0 Å². The van der Waals surface area contributed by atoms with Gasteiger partial charge in [-0.2, -0.15) is 4.98 Å². The average molecular weight is 357 g/mol. The summed E-state index contributed by atoms with van der Waals surface area (Å²) >= 11 is 0. The third-order valence-corrected chi connectivity index (χ3v) is 4.83. The minimum absolute atomic E-state index is 0.0350. The van der Waals surface area contributed by atoms with Crippen LogP contribution >= 0.6 is 0 Å².